The predicted molar refractivity (Wildman–Crippen MR) is 84.9 cm³/mol. The van der Waals surface area contributed by atoms with Crippen molar-refractivity contribution in [3.05, 3.63) is 39.9 Å². The molecule has 1 amide bonds. The smallest absolute Gasteiger partial charge is 0.326 e. The van der Waals surface area contributed by atoms with Gasteiger partial charge >= 0.3 is 5.97 Å². The lowest BCUT2D eigenvalue weighted by atomic mass is 10.0. The van der Waals surface area contributed by atoms with E-state index in [1.165, 1.54) is 11.0 Å². The minimum atomic E-state index is -0.923. The molecular weight excluding hydrogens is 334 g/mol. The molecule has 1 N–H and O–H groups in total. The minimum Gasteiger partial charge on any atom is -0.480 e. The number of aliphatic carboxylic acids is 1. The van der Waals surface area contributed by atoms with Crippen LogP contribution in [0.4, 0.5) is 0 Å². The van der Waals surface area contributed by atoms with Crippen LogP contribution in [0.1, 0.15) is 30.4 Å². The molecule has 0 aliphatic carbocycles. The molecule has 1 aromatic rings. The number of hydrogen-bond acceptors (Lipinski definition) is 2. The van der Waals surface area contributed by atoms with Crippen molar-refractivity contribution >= 4 is 33.9 Å². The van der Waals surface area contributed by atoms with Gasteiger partial charge in [0.05, 0.1) is 0 Å². The number of halogens is 1. The Bertz CT molecular complexity index is 583. The summed E-state index contributed by atoms with van der Waals surface area (Å²) >= 11 is 3.46. The van der Waals surface area contributed by atoms with Crippen LogP contribution in [0.2, 0.25) is 0 Å². The molecule has 0 radical (unpaired) electrons. The zero-order valence-corrected chi connectivity index (χ0v) is 13.5. The molecule has 1 heterocycles. The third-order valence-electron chi connectivity index (χ3n) is 3.63. The first-order chi connectivity index (χ1) is 9.99. The maximum absolute atomic E-state index is 12.2. The zero-order valence-electron chi connectivity index (χ0n) is 11.9. The largest absolute Gasteiger partial charge is 0.480 e. The third kappa shape index (κ3) is 3.94. The second kappa shape index (κ2) is 6.89. The molecule has 1 unspecified atom stereocenters. The summed E-state index contributed by atoms with van der Waals surface area (Å²) in [5.74, 6) is -1.16. The summed E-state index contributed by atoms with van der Waals surface area (Å²) in [7, 11) is 0. The van der Waals surface area contributed by atoms with Gasteiger partial charge in [-0.05, 0) is 49.5 Å². The van der Waals surface area contributed by atoms with Crippen LogP contribution in [0.15, 0.2) is 28.7 Å². The number of likely N-dealkylation sites (tertiary alicyclic amines) is 1. The average molecular weight is 352 g/mol. The van der Waals surface area contributed by atoms with E-state index in [0.717, 1.165) is 28.4 Å². The minimum absolute atomic E-state index is 0.241. The van der Waals surface area contributed by atoms with E-state index in [1.54, 1.807) is 6.08 Å². The number of carbonyl (C=O) groups is 2. The molecule has 5 heteroatoms. The Morgan fingerprint density at radius 2 is 2.14 bits per heavy atom. The third-order valence-corrected chi connectivity index (χ3v) is 4.32. The Kier molecular flexibility index (Phi) is 5.17. The fourth-order valence-corrected chi connectivity index (χ4v) is 3.10. The SMILES string of the molecule is Cc1ccc(/C=C/C(=O)N2CCCCC2C(=O)O)c(Br)c1. The fourth-order valence-electron chi connectivity index (χ4n) is 2.48. The Morgan fingerprint density at radius 3 is 2.81 bits per heavy atom. The van der Waals surface area contributed by atoms with E-state index < -0.39 is 12.0 Å². The molecular formula is C16H18BrNO3. The highest BCUT2D eigenvalue weighted by Crippen LogP contribution is 2.21. The van der Waals surface area contributed by atoms with Gasteiger partial charge in [-0.25, -0.2) is 4.79 Å². The molecule has 1 aliphatic rings. The molecule has 4 nitrogen and oxygen atoms in total. The summed E-state index contributed by atoms with van der Waals surface area (Å²) in [4.78, 5) is 24.9. The summed E-state index contributed by atoms with van der Waals surface area (Å²) in [6, 6.07) is 5.17. The Hall–Kier alpha value is -1.62. The topological polar surface area (TPSA) is 57.6 Å². The van der Waals surface area contributed by atoms with E-state index in [2.05, 4.69) is 15.9 Å². The van der Waals surface area contributed by atoms with Crippen LogP contribution >= 0.6 is 15.9 Å². The lowest BCUT2D eigenvalue weighted by molar-refractivity contribution is -0.150. The fraction of sp³-hybridized carbons (Fsp3) is 0.375. The maximum Gasteiger partial charge on any atom is 0.326 e. The van der Waals surface area contributed by atoms with Crippen LogP contribution in [-0.2, 0) is 9.59 Å². The molecule has 0 saturated carbocycles. The standard InChI is InChI=1S/C16H18BrNO3/c1-11-5-6-12(13(17)10-11)7-8-15(19)18-9-3-2-4-14(18)16(20)21/h5-8,10,14H,2-4,9H2,1H3,(H,20,21)/b8-7+. The maximum atomic E-state index is 12.2. The molecule has 21 heavy (non-hydrogen) atoms. The Balaban J connectivity index is 2.12. The van der Waals surface area contributed by atoms with Gasteiger partial charge in [-0.2, -0.15) is 0 Å². The number of nitrogens with zero attached hydrogens (tertiary/aromatic N) is 1. The predicted octanol–water partition coefficient (Wildman–Crippen LogP) is 3.24. The highest BCUT2D eigenvalue weighted by molar-refractivity contribution is 9.10. The molecule has 0 aromatic heterocycles. The quantitative estimate of drug-likeness (QED) is 0.850. The second-order valence-electron chi connectivity index (χ2n) is 5.24. The molecule has 1 saturated heterocycles. The first-order valence-electron chi connectivity index (χ1n) is 6.96. The summed E-state index contributed by atoms with van der Waals surface area (Å²) < 4.78 is 0.917. The van der Waals surface area contributed by atoms with E-state index in [0.29, 0.717) is 13.0 Å². The van der Waals surface area contributed by atoms with Crippen molar-refractivity contribution in [2.24, 2.45) is 0 Å². The van der Waals surface area contributed by atoms with Crippen LogP contribution < -0.4 is 0 Å². The van der Waals surface area contributed by atoms with Crippen LogP contribution in [0, 0.1) is 6.92 Å². The highest BCUT2D eigenvalue weighted by atomic mass is 79.9. The van der Waals surface area contributed by atoms with E-state index >= 15 is 0 Å². The van der Waals surface area contributed by atoms with Gasteiger partial charge in [0.2, 0.25) is 5.91 Å². The molecule has 0 bridgehead atoms. The van der Waals surface area contributed by atoms with E-state index in [4.69, 9.17) is 0 Å². The van der Waals surface area contributed by atoms with Crippen molar-refractivity contribution in [3.63, 3.8) is 0 Å². The van der Waals surface area contributed by atoms with Crippen molar-refractivity contribution in [2.45, 2.75) is 32.2 Å². The van der Waals surface area contributed by atoms with Crippen molar-refractivity contribution in [1.29, 1.82) is 0 Å². The van der Waals surface area contributed by atoms with Gasteiger partial charge in [0.25, 0.3) is 0 Å². The summed E-state index contributed by atoms with van der Waals surface area (Å²) in [6.07, 6.45) is 5.42. The molecule has 1 aromatic carbocycles. The monoisotopic (exact) mass is 351 g/mol. The van der Waals surface area contributed by atoms with Gasteiger partial charge < -0.3 is 10.0 Å². The number of carbonyl (C=O) groups excluding carboxylic acids is 1. The number of hydrogen-bond donors (Lipinski definition) is 1. The normalized spacial score (nSPS) is 19.0. The summed E-state index contributed by atoms with van der Waals surface area (Å²) in [5.41, 5.74) is 2.03. The first kappa shape index (κ1) is 15.8. The lowest BCUT2D eigenvalue weighted by Crippen LogP contribution is -2.47. The van der Waals surface area contributed by atoms with Gasteiger partial charge in [-0.3, -0.25) is 4.79 Å². The van der Waals surface area contributed by atoms with E-state index in [1.807, 2.05) is 25.1 Å². The van der Waals surface area contributed by atoms with E-state index in [9.17, 15) is 14.7 Å². The van der Waals surface area contributed by atoms with Crippen LogP contribution in [-0.4, -0.2) is 34.5 Å². The van der Waals surface area contributed by atoms with Gasteiger partial charge in [0.1, 0.15) is 6.04 Å². The molecule has 112 valence electrons. The van der Waals surface area contributed by atoms with Crippen LogP contribution in [0.3, 0.4) is 0 Å². The van der Waals surface area contributed by atoms with Gasteiger partial charge in [0.15, 0.2) is 0 Å². The Morgan fingerprint density at radius 1 is 1.38 bits per heavy atom. The number of aryl methyl sites for hydroxylation is 1. The van der Waals surface area contributed by atoms with Crippen molar-refractivity contribution < 1.29 is 14.7 Å². The molecule has 1 fully saturated rings. The highest BCUT2D eigenvalue weighted by Gasteiger charge is 2.30. The summed E-state index contributed by atoms with van der Waals surface area (Å²) in [6.45, 7) is 2.50. The Labute approximate surface area is 132 Å². The number of benzene rings is 1. The van der Waals surface area contributed by atoms with Gasteiger partial charge in [-0.1, -0.05) is 28.1 Å². The average Bonchev–Trinajstić information content (AvgIpc) is 2.46. The molecule has 1 atom stereocenters. The van der Waals surface area contributed by atoms with Crippen molar-refractivity contribution in [2.75, 3.05) is 6.54 Å². The van der Waals surface area contributed by atoms with E-state index in [-0.39, 0.29) is 5.91 Å². The summed E-state index contributed by atoms with van der Waals surface area (Å²) in [5, 5.41) is 9.19. The number of piperidine rings is 1. The van der Waals surface area contributed by atoms with Crippen molar-refractivity contribution in [1.82, 2.24) is 4.90 Å². The van der Waals surface area contributed by atoms with Crippen LogP contribution in [0.25, 0.3) is 6.08 Å². The number of carboxylic acid groups (broad SMARTS) is 1. The molecule has 1 aliphatic heterocycles. The first-order valence-corrected chi connectivity index (χ1v) is 7.76. The lowest BCUT2D eigenvalue weighted by Gasteiger charge is -2.32. The molecule has 0 spiro atoms. The number of rotatable bonds is 3. The van der Waals surface area contributed by atoms with Crippen LogP contribution in [0.5, 0.6) is 0 Å². The number of carboxylic acids is 1. The number of amides is 1. The van der Waals surface area contributed by atoms with Crippen molar-refractivity contribution in [3.8, 4) is 0 Å². The van der Waals surface area contributed by atoms with Gasteiger partial charge in [0, 0.05) is 17.1 Å². The van der Waals surface area contributed by atoms with Gasteiger partial charge in [-0.15, -0.1) is 0 Å². The zero-order chi connectivity index (χ0) is 15.4. The second-order valence-corrected chi connectivity index (χ2v) is 6.09. The molecule has 2 rings (SSSR count).